The molecule has 0 bridgehead atoms. The van der Waals surface area contributed by atoms with Gasteiger partial charge in [-0.05, 0) is 29.7 Å². The van der Waals surface area contributed by atoms with Gasteiger partial charge in [-0.15, -0.1) is 0 Å². The summed E-state index contributed by atoms with van der Waals surface area (Å²) in [7, 11) is 2.07. The highest BCUT2D eigenvalue weighted by Gasteiger charge is 2.11. The van der Waals surface area contributed by atoms with Gasteiger partial charge in [-0.2, -0.15) is 0 Å². The Kier molecular flexibility index (Phi) is 3.59. The summed E-state index contributed by atoms with van der Waals surface area (Å²) in [6, 6.07) is 22.6. The van der Waals surface area contributed by atoms with Crippen molar-refractivity contribution < 1.29 is 0 Å². The minimum Gasteiger partial charge on any atom is -0.389 e. The van der Waals surface area contributed by atoms with Crippen molar-refractivity contribution in [2.45, 2.75) is 0 Å². The molecule has 0 unspecified atom stereocenters. The van der Waals surface area contributed by atoms with E-state index in [2.05, 4.69) is 42.3 Å². The lowest BCUT2D eigenvalue weighted by Crippen LogP contribution is -2.13. The lowest BCUT2D eigenvalue weighted by molar-refractivity contribution is 1.22. The van der Waals surface area contributed by atoms with Crippen LogP contribution >= 0.6 is 12.2 Å². The number of benzene rings is 3. The summed E-state index contributed by atoms with van der Waals surface area (Å²) in [6.07, 6.45) is 0. The third-order valence-corrected chi connectivity index (χ3v) is 3.89. The maximum absolute atomic E-state index is 5.83. The fourth-order valence-corrected chi connectivity index (χ4v) is 2.76. The predicted molar refractivity (Wildman–Crippen MR) is 94.3 cm³/mol. The van der Waals surface area contributed by atoms with Crippen LogP contribution < -0.4 is 10.6 Å². The van der Waals surface area contributed by atoms with Crippen molar-refractivity contribution >= 4 is 39.4 Å². The van der Waals surface area contributed by atoms with Crippen LogP contribution in [0.25, 0.3) is 10.8 Å². The molecule has 0 saturated heterocycles. The summed E-state index contributed by atoms with van der Waals surface area (Å²) in [5.41, 5.74) is 9.04. The minimum absolute atomic E-state index is 0.431. The van der Waals surface area contributed by atoms with E-state index in [0.717, 1.165) is 27.7 Å². The number of nitrogens with zero attached hydrogens (tertiary/aromatic N) is 1. The molecular weight excluding hydrogens is 276 g/mol. The van der Waals surface area contributed by atoms with Gasteiger partial charge in [0.05, 0.1) is 0 Å². The van der Waals surface area contributed by atoms with Crippen LogP contribution in [0.5, 0.6) is 0 Å². The Bertz CT molecular complexity index is 797. The van der Waals surface area contributed by atoms with E-state index < -0.39 is 0 Å². The first-order valence-corrected chi connectivity index (χ1v) is 7.19. The molecule has 2 nitrogen and oxygen atoms in total. The van der Waals surface area contributed by atoms with Crippen LogP contribution in [0.4, 0.5) is 11.4 Å². The average molecular weight is 292 g/mol. The van der Waals surface area contributed by atoms with Crippen LogP contribution in [-0.4, -0.2) is 12.0 Å². The zero-order valence-electron chi connectivity index (χ0n) is 11.8. The molecule has 0 aliphatic heterocycles. The fraction of sp³-hybridized carbons (Fsp3) is 0.0556. The van der Waals surface area contributed by atoms with E-state index in [0.29, 0.717) is 4.99 Å². The lowest BCUT2D eigenvalue weighted by Gasteiger charge is -2.22. The first-order chi connectivity index (χ1) is 10.2. The molecule has 0 fully saturated rings. The largest absolute Gasteiger partial charge is 0.389 e. The Labute approximate surface area is 129 Å². The van der Waals surface area contributed by atoms with Gasteiger partial charge in [0.2, 0.25) is 0 Å². The molecular formula is C18H16N2S. The second kappa shape index (κ2) is 5.54. The molecule has 0 atom stereocenters. The fourth-order valence-electron chi connectivity index (χ4n) is 2.58. The summed E-state index contributed by atoms with van der Waals surface area (Å²) in [4.78, 5) is 2.60. The van der Waals surface area contributed by atoms with Crippen molar-refractivity contribution in [1.82, 2.24) is 0 Å². The van der Waals surface area contributed by atoms with Crippen molar-refractivity contribution in [3.05, 3.63) is 72.3 Å². The third-order valence-electron chi connectivity index (χ3n) is 3.67. The van der Waals surface area contributed by atoms with E-state index in [1.807, 2.05) is 36.4 Å². The Morgan fingerprint density at radius 3 is 2.14 bits per heavy atom. The summed E-state index contributed by atoms with van der Waals surface area (Å²) in [6.45, 7) is 0. The highest BCUT2D eigenvalue weighted by Crippen LogP contribution is 2.32. The van der Waals surface area contributed by atoms with Gasteiger partial charge in [-0.3, -0.25) is 0 Å². The lowest BCUT2D eigenvalue weighted by atomic mass is 10.0. The molecule has 0 aromatic heterocycles. The molecule has 0 spiro atoms. The SMILES string of the molecule is CN(c1ccccc1)c1ccc(C(N)=S)c2ccccc12. The number of rotatable bonds is 3. The number of nitrogens with two attached hydrogens (primary N) is 1. The summed E-state index contributed by atoms with van der Waals surface area (Å²) >= 11 is 5.16. The van der Waals surface area contributed by atoms with Crippen molar-refractivity contribution in [3.8, 4) is 0 Å². The van der Waals surface area contributed by atoms with Crippen LogP contribution in [0, 0.1) is 0 Å². The normalized spacial score (nSPS) is 10.5. The molecule has 0 radical (unpaired) electrons. The van der Waals surface area contributed by atoms with E-state index >= 15 is 0 Å². The summed E-state index contributed by atoms with van der Waals surface area (Å²) in [5.74, 6) is 0. The maximum atomic E-state index is 5.83. The Hall–Kier alpha value is -2.39. The maximum Gasteiger partial charge on any atom is 0.104 e. The molecule has 104 valence electrons. The van der Waals surface area contributed by atoms with Crippen molar-refractivity contribution in [2.24, 2.45) is 5.73 Å². The standard InChI is InChI=1S/C18H16N2S/c1-20(13-7-3-2-4-8-13)17-12-11-16(18(19)21)14-9-5-6-10-15(14)17/h2-12H,1H3,(H2,19,21). The summed E-state index contributed by atoms with van der Waals surface area (Å²) < 4.78 is 0. The zero-order valence-corrected chi connectivity index (χ0v) is 12.6. The third kappa shape index (κ3) is 2.48. The number of anilines is 2. The molecule has 21 heavy (non-hydrogen) atoms. The number of hydrogen-bond donors (Lipinski definition) is 1. The van der Waals surface area contributed by atoms with Gasteiger partial charge >= 0.3 is 0 Å². The van der Waals surface area contributed by atoms with E-state index in [9.17, 15) is 0 Å². The molecule has 3 rings (SSSR count). The second-order valence-electron chi connectivity index (χ2n) is 4.94. The van der Waals surface area contributed by atoms with Crippen LogP contribution in [0.1, 0.15) is 5.56 Å². The molecule has 0 aliphatic carbocycles. The van der Waals surface area contributed by atoms with Crippen molar-refractivity contribution in [1.29, 1.82) is 0 Å². The van der Waals surface area contributed by atoms with Crippen molar-refractivity contribution in [2.75, 3.05) is 11.9 Å². The summed E-state index contributed by atoms with van der Waals surface area (Å²) in [5, 5.41) is 2.24. The van der Waals surface area contributed by atoms with Gasteiger partial charge in [-0.25, -0.2) is 0 Å². The molecule has 3 aromatic rings. The first-order valence-electron chi connectivity index (χ1n) is 6.79. The number of thiocarbonyl (C=S) groups is 1. The van der Waals surface area contributed by atoms with Gasteiger partial charge in [0, 0.05) is 29.4 Å². The smallest absolute Gasteiger partial charge is 0.104 e. The molecule has 3 heteroatoms. The molecule has 3 aromatic carbocycles. The van der Waals surface area contributed by atoms with Gasteiger partial charge in [0.25, 0.3) is 0 Å². The Morgan fingerprint density at radius 2 is 1.48 bits per heavy atom. The average Bonchev–Trinajstić information content (AvgIpc) is 2.54. The molecule has 0 saturated carbocycles. The highest BCUT2D eigenvalue weighted by molar-refractivity contribution is 7.80. The first kappa shape index (κ1) is 13.6. The van der Waals surface area contributed by atoms with Crippen LogP contribution in [-0.2, 0) is 0 Å². The quantitative estimate of drug-likeness (QED) is 0.732. The zero-order chi connectivity index (χ0) is 14.8. The van der Waals surface area contributed by atoms with E-state index in [-0.39, 0.29) is 0 Å². The highest BCUT2D eigenvalue weighted by atomic mass is 32.1. The molecule has 0 heterocycles. The Balaban J connectivity index is 2.21. The van der Waals surface area contributed by atoms with Gasteiger partial charge in [-0.1, -0.05) is 54.7 Å². The van der Waals surface area contributed by atoms with Crippen LogP contribution in [0.2, 0.25) is 0 Å². The van der Waals surface area contributed by atoms with E-state index in [1.54, 1.807) is 0 Å². The Morgan fingerprint density at radius 1 is 0.857 bits per heavy atom. The van der Waals surface area contributed by atoms with Crippen molar-refractivity contribution in [3.63, 3.8) is 0 Å². The van der Waals surface area contributed by atoms with Crippen LogP contribution in [0.15, 0.2) is 66.7 Å². The van der Waals surface area contributed by atoms with Crippen LogP contribution in [0.3, 0.4) is 0 Å². The minimum atomic E-state index is 0.431. The van der Waals surface area contributed by atoms with Gasteiger partial charge < -0.3 is 10.6 Å². The number of hydrogen-bond acceptors (Lipinski definition) is 2. The topological polar surface area (TPSA) is 29.3 Å². The predicted octanol–water partition coefficient (Wildman–Crippen LogP) is 4.24. The van der Waals surface area contributed by atoms with Gasteiger partial charge in [0.1, 0.15) is 4.99 Å². The molecule has 0 aliphatic rings. The van der Waals surface area contributed by atoms with E-state index in [4.69, 9.17) is 18.0 Å². The van der Waals surface area contributed by atoms with Gasteiger partial charge in [0.15, 0.2) is 0 Å². The monoisotopic (exact) mass is 292 g/mol. The number of fused-ring (bicyclic) bond motifs is 1. The van der Waals surface area contributed by atoms with E-state index in [1.165, 1.54) is 0 Å². The molecule has 0 amide bonds. The molecule has 2 N–H and O–H groups in total. The second-order valence-corrected chi connectivity index (χ2v) is 5.38. The number of para-hydroxylation sites is 1.